The maximum atomic E-state index is 10.6. The molecule has 0 aromatic heterocycles. The van der Waals surface area contributed by atoms with Crippen molar-refractivity contribution in [3.8, 4) is 11.5 Å². The molecule has 0 bridgehead atoms. The highest BCUT2D eigenvalue weighted by atomic mass is 35.5. The van der Waals surface area contributed by atoms with E-state index in [-0.39, 0.29) is 17.5 Å². The molecule has 0 radical (unpaired) electrons. The average molecular weight is 373 g/mol. The Labute approximate surface area is 159 Å². The number of benzene rings is 2. The van der Waals surface area contributed by atoms with Gasteiger partial charge < -0.3 is 9.84 Å². The third-order valence-corrected chi connectivity index (χ3v) is 5.06. The maximum Gasteiger partial charge on any atom is 0.162 e. The largest absolute Gasteiger partial charge is 0.504 e. The molecule has 2 atom stereocenters. The van der Waals surface area contributed by atoms with Gasteiger partial charge in [-0.3, -0.25) is 10.3 Å². The van der Waals surface area contributed by atoms with Crippen molar-refractivity contribution in [3.63, 3.8) is 0 Å². The van der Waals surface area contributed by atoms with Crippen LogP contribution in [-0.2, 0) is 0 Å². The molecule has 3 rings (SSSR count). The van der Waals surface area contributed by atoms with Crippen LogP contribution in [0.25, 0.3) is 0 Å². The number of halogens is 1. The molecule has 1 heterocycles. The van der Waals surface area contributed by atoms with Crippen LogP contribution in [0.3, 0.4) is 0 Å². The van der Waals surface area contributed by atoms with E-state index in [1.807, 2.05) is 36.4 Å². The van der Waals surface area contributed by atoms with Crippen molar-refractivity contribution in [2.24, 2.45) is 4.99 Å². The van der Waals surface area contributed by atoms with E-state index in [0.717, 1.165) is 29.7 Å². The summed E-state index contributed by atoms with van der Waals surface area (Å²) in [6.45, 7) is 4.26. The van der Waals surface area contributed by atoms with Crippen LogP contribution >= 0.6 is 11.6 Å². The number of methoxy groups -OCH3 is 1. The third kappa shape index (κ3) is 3.87. The molecule has 4 nitrogen and oxygen atoms in total. The van der Waals surface area contributed by atoms with E-state index in [4.69, 9.17) is 21.3 Å². The normalized spacial score (nSPS) is 22.8. The number of aromatic hydroxyl groups is 1. The van der Waals surface area contributed by atoms with E-state index in [9.17, 15) is 5.11 Å². The molecule has 0 saturated heterocycles. The molecule has 2 aromatic carbocycles. The molecular formula is C21H25ClN2O2. The molecular weight excluding hydrogens is 348 g/mol. The number of para-hydroxylation sites is 1. The SMILES string of the molecule is CCC[C@@]1(C)N=C(c2ccc(Cl)cc2)C[C@H](c2cccc(OC)c2O)N1. The molecule has 0 aliphatic carbocycles. The molecule has 2 aromatic rings. The topological polar surface area (TPSA) is 53.9 Å². The van der Waals surface area contributed by atoms with Gasteiger partial charge in [0.15, 0.2) is 11.5 Å². The maximum absolute atomic E-state index is 10.6. The predicted octanol–water partition coefficient (Wildman–Crippen LogP) is 5.09. The summed E-state index contributed by atoms with van der Waals surface area (Å²) in [5, 5.41) is 14.9. The van der Waals surface area contributed by atoms with Crippen LogP contribution in [0.15, 0.2) is 47.5 Å². The van der Waals surface area contributed by atoms with Gasteiger partial charge in [0.2, 0.25) is 0 Å². The summed E-state index contributed by atoms with van der Waals surface area (Å²) >= 11 is 6.04. The summed E-state index contributed by atoms with van der Waals surface area (Å²) in [4.78, 5) is 5.00. The smallest absolute Gasteiger partial charge is 0.162 e. The highest BCUT2D eigenvalue weighted by Crippen LogP contribution is 2.39. The number of nitrogens with one attached hydrogen (secondary N) is 1. The minimum Gasteiger partial charge on any atom is -0.504 e. The lowest BCUT2D eigenvalue weighted by Gasteiger charge is -2.38. The fourth-order valence-corrected chi connectivity index (χ4v) is 3.73. The van der Waals surface area contributed by atoms with Gasteiger partial charge in [0, 0.05) is 28.8 Å². The zero-order valence-corrected chi connectivity index (χ0v) is 16.2. The number of hydrogen-bond acceptors (Lipinski definition) is 4. The first kappa shape index (κ1) is 18.7. The summed E-state index contributed by atoms with van der Waals surface area (Å²) in [6, 6.07) is 13.3. The average Bonchev–Trinajstić information content (AvgIpc) is 2.62. The van der Waals surface area contributed by atoms with Crippen LogP contribution in [-0.4, -0.2) is 23.6 Å². The zero-order chi connectivity index (χ0) is 18.7. The Morgan fingerprint density at radius 1 is 1.27 bits per heavy atom. The quantitative estimate of drug-likeness (QED) is 0.768. The van der Waals surface area contributed by atoms with Crippen molar-refractivity contribution >= 4 is 17.3 Å². The Balaban J connectivity index is 2.01. The van der Waals surface area contributed by atoms with Crippen LogP contribution in [0.1, 0.15) is 50.3 Å². The summed E-state index contributed by atoms with van der Waals surface area (Å²) in [5.41, 5.74) is 2.52. The Bertz CT molecular complexity index is 804. The molecule has 0 unspecified atom stereocenters. The number of nitrogens with zero attached hydrogens (tertiary/aromatic N) is 1. The van der Waals surface area contributed by atoms with Gasteiger partial charge in [-0.2, -0.15) is 0 Å². The molecule has 0 amide bonds. The molecule has 1 aliphatic heterocycles. The monoisotopic (exact) mass is 372 g/mol. The fourth-order valence-electron chi connectivity index (χ4n) is 3.61. The summed E-state index contributed by atoms with van der Waals surface area (Å²) < 4.78 is 5.28. The molecule has 26 heavy (non-hydrogen) atoms. The number of ether oxygens (including phenoxy) is 1. The minimum absolute atomic E-state index is 0.0511. The van der Waals surface area contributed by atoms with Crippen LogP contribution < -0.4 is 10.1 Å². The predicted molar refractivity (Wildman–Crippen MR) is 106 cm³/mol. The van der Waals surface area contributed by atoms with Gasteiger partial charge in [0.1, 0.15) is 5.66 Å². The lowest BCUT2D eigenvalue weighted by molar-refractivity contribution is 0.281. The number of phenolic OH excluding ortho intramolecular Hbond substituents is 1. The van der Waals surface area contributed by atoms with E-state index in [1.165, 1.54) is 0 Å². The molecule has 0 fully saturated rings. The Hall–Kier alpha value is -2.04. The molecule has 0 saturated carbocycles. The van der Waals surface area contributed by atoms with Crippen molar-refractivity contribution in [1.82, 2.24) is 5.32 Å². The first-order valence-corrected chi connectivity index (χ1v) is 9.32. The number of phenols is 1. The summed E-state index contributed by atoms with van der Waals surface area (Å²) in [6.07, 6.45) is 2.60. The molecule has 2 N–H and O–H groups in total. The lowest BCUT2D eigenvalue weighted by atomic mass is 9.90. The van der Waals surface area contributed by atoms with Gasteiger partial charge >= 0.3 is 0 Å². The Kier molecular flexibility index (Phi) is 5.54. The van der Waals surface area contributed by atoms with E-state index in [1.54, 1.807) is 13.2 Å². The highest BCUT2D eigenvalue weighted by Gasteiger charge is 2.34. The second-order valence-corrected chi connectivity index (χ2v) is 7.32. The first-order chi connectivity index (χ1) is 12.5. The standard InChI is InChI=1S/C21H25ClN2O2/c1-4-12-21(2)23-17(14-8-10-15(22)11-9-14)13-18(24-21)16-6-5-7-19(26-3)20(16)25/h5-11,18,24-25H,4,12-13H2,1-3H3/t18-,21+/m1/s1. The fraction of sp³-hybridized carbons (Fsp3) is 0.381. The summed E-state index contributed by atoms with van der Waals surface area (Å²) in [5.74, 6) is 0.667. The van der Waals surface area contributed by atoms with Gasteiger partial charge in [-0.1, -0.05) is 49.2 Å². The second-order valence-electron chi connectivity index (χ2n) is 6.89. The van der Waals surface area contributed by atoms with Gasteiger partial charge in [0.05, 0.1) is 7.11 Å². The minimum atomic E-state index is -0.387. The number of hydrogen-bond donors (Lipinski definition) is 2. The van der Waals surface area contributed by atoms with E-state index < -0.39 is 0 Å². The Morgan fingerprint density at radius 3 is 2.65 bits per heavy atom. The molecule has 0 spiro atoms. The van der Waals surface area contributed by atoms with Crippen LogP contribution in [0, 0.1) is 0 Å². The number of rotatable bonds is 5. The zero-order valence-electron chi connectivity index (χ0n) is 15.4. The second kappa shape index (κ2) is 7.68. The van der Waals surface area contributed by atoms with Crippen LogP contribution in [0.5, 0.6) is 11.5 Å². The van der Waals surface area contributed by atoms with Crippen molar-refractivity contribution in [1.29, 1.82) is 0 Å². The van der Waals surface area contributed by atoms with Gasteiger partial charge in [-0.05, 0) is 37.1 Å². The van der Waals surface area contributed by atoms with Gasteiger partial charge in [-0.15, -0.1) is 0 Å². The molecule has 5 heteroatoms. The first-order valence-electron chi connectivity index (χ1n) is 8.94. The lowest BCUT2D eigenvalue weighted by Crippen LogP contribution is -2.47. The van der Waals surface area contributed by atoms with Crippen molar-refractivity contribution < 1.29 is 9.84 Å². The van der Waals surface area contributed by atoms with E-state index in [2.05, 4.69) is 19.2 Å². The Morgan fingerprint density at radius 2 is 2.00 bits per heavy atom. The highest BCUT2D eigenvalue weighted by molar-refractivity contribution is 6.30. The van der Waals surface area contributed by atoms with Gasteiger partial charge in [0.25, 0.3) is 0 Å². The van der Waals surface area contributed by atoms with Crippen LogP contribution in [0.4, 0.5) is 0 Å². The van der Waals surface area contributed by atoms with Crippen LogP contribution in [0.2, 0.25) is 5.02 Å². The van der Waals surface area contributed by atoms with Crippen molar-refractivity contribution in [2.45, 2.75) is 44.8 Å². The molecule has 138 valence electrons. The van der Waals surface area contributed by atoms with Crippen molar-refractivity contribution in [3.05, 3.63) is 58.6 Å². The molecule has 1 aliphatic rings. The van der Waals surface area contributed by atoms with Crippen molar-refractivity contribution in [2.75, 3.05) is 7.11 Å². The van der Waals surface area contributed by atoms with E-state index >= 15 is 0 Å². The third-order valence-electron chi connectivity index (χ3n) is 4.80. The number of aliphatic imine (C=N–C) groups is 1. The summed E-state index contributed by atoms with van der Waals surface area (Å²) in [7, 11) is 1.56. The van der Waals surface area contributed by atoms with Gasteiger partial charge in [-0.25, -0.2) is 0 Å². The van der Waals surface area contributed by atoms with E-state index in [0.29, 0.717) is 17.2 Å².